The van der Waals surface area contributed by atoms with E-state index in [2.05, 4.69) is 25.7 Å². The summed E-state index contributed by atoms with van der Waals surface area (Å²) in [5.41, 5.74) is -3.36. The number of nitrogens with one attached hydrogen (secondary N) is 2. The van der Waals surface area contributed by atoms with Crippen LogP contribution < -0.4 is 10.6 Å². The molecular formula is C23H26F6N6OS. The minimum Gasteiger partial charge on any atom is -0.369 e. The van der Waals surface area contributed by atoms with Gasteiger partial charge in [0.1, 0.15) is 5.82 Å². The molecule has 7 nitrogen and oxygen atoms in total. The molecule has 3 aromatic rings. The van der Waals surface area contributed by atoms with Crippen LogP contribution in [0.4, 0.5) is 32.2 Å². The first-order chi connectivity index (χ1) is 17.3. The monoisotopic (exact) mass is 548 g/mol. The number of thioether (sulfide) groups is 1. The van der Waals surface area contributed by atoms with Gasteiger partial charge in [0.15, 0.2) is 10.8 Å². The summed E-state index contributed by atoms with van der Waals surface area (Å²) in [5.74, 6) is 0.698. The molecule has 3 rings (SSSR count). The number of rotatable bonds is 10. The highest BCUT2D eigenvalue weighted by molar-refractivity contribution is 7.99. The fourth-order valence-electron chi connectivity index (χ4n) is 3.26. The first-order valence-electron chi connectivity index (χ1n) is 11.5. The molecule has 0 spiro atoms. The number of carbonyl (C=O) groups excluding carboxylic acids is 1. The zero-order chi connectivity index (χ0) is 27.4. The van der Waals surface area contributed by atoms with Crippen LogP contribution in [0.2, 0.25) is 0 Å². The molecule has 0 saturated carbocycles. The average Bonchev–Trinajstić information content (AvgIpc) is 3.22. The van der Waals surface area contributed by atoms with Gasteiger partial charge in [0.25, 0.3) is 5.91 Å². The van der Waals surface area contributed by atoms with Gasteiger partial charge in [0.05, 0.1) is 29.3 Å². The van der Waals surface area contributed by atoms with Crippen LogP contribution in [0.15, 0.2) is 29.6 Å². The van der Waals surface area contributed by atoms with E-state index in [1.807, 2.05) is 20.8 Å². The van der Waals surface area contributed by atoms with Crippen LogP contribution >= 0.6 is 11.8 Å². The Morgan fingerprint density at radius 3 is 2.27 bits per heavy atom. The molecule has 14 heteroatoms. The topological polar surface area (TPSA) is 84.7 Å². The number of anilines is 1. The Hall–Kier alpha value is -3.03. The van der Waals surface area contributed by atoms with Crippen molar-refractivity contribution in [1.29, 1.82) is 0 Å². The van der Waals surface area contributed by atoms with Crippen LogP contribution in [0.1, 0.15) is 48.7 Å². The summed E-state index contributed by atoms with van der Waals surface area (Å²) in [6.07, 6.45) is -7.61. The number of halogens is 6. The molecule has 2 N–H and O–H groups in total. The number of fused-ring (bicyclic) bond motifs is 1. The minimum atomic E-state index is -5.04. The highest BCUT2D eigenvalue weighted by Gasteiger charge is 2.37. The largest absolute Gasteiger partial charge is 0.416 e. The van der Waals surface area contributed by atoms with Gasteiger partial charge in [-0.05, 0) is 30.5 Å². The summed E-state index contributed by atoms with van der Waals surface area (Å²) in [7, 11) is 0. The van der Waals surface area contributed by atoms with Gasteiger partial charge < -0.3 is 10.6 Å². The second-order valence-electron chi connectivity index (χ2n) is 8.63. The smallest absolute Gasteiger partial charge is 0.369 e. The molecular weight excluding hydrogens is 522 g/mol. The van der Waals surface area contributed by atoms with E-state index in [4.69, 9.17) is 0 Å². The zero-order valence-electron chi connectivity index (χ0n) is 20.3. The predicted molar refractivity (Wildman–Crippen MR) is 128 cm³/mol. The Balaban J connectivity index is 1.80. The quantitative estimate of drug-likeness (QED) is 0.188. The number of nitrogens with zero attached hydrogens (tertiary/aromatic N) is 4. The lowest BCUT2D eigenvalue weighted by Gasteiger charge is -2.14. The number of aromatic nitrogens is 4. The molecule has 0 aliphatic rings. The van der Waals surface area contributed by atoms with Crippen LogP contribution in [-0.4, -0.2) is 44.5 Å². The lowest BCUT2D eigenvalue weighted by Crippen LogP contribution is -2.28. The molecule has 2 aromatic heterocycles. The maximum absolute atomic E-state index is 13.1. The van der Waals surface area contributed by atoms with E-state index in [9.17, 15) is 31.1 Å². The number of hydrogen-bond acceptors (Lipinski definition) is 6. The molecule has 2 heterocycles. The van der Waals surface area contributed by atoms with Crippen LogP contribution in [0.25, 0.3) is 11.0 Å². The van der Waals surface area contributed by atoms with Gasteiger partial charge in [-0.1, -0.05) is 32.5 Å². The van der Waals surface area contributed by atoms with Crippen molar-refractivity contribution in [3.05, 3.63) is 41.1 Å². The van der Waals surface area contributed by atoms with E-state index >= 15 is 0 Å². The molecule has 0 radical (unpaired) electrons. The predicted octanol–water partition coefficient (Wildman–Crippen LogP) is 5.86. The van der Waals surface area contributed by atoms with Crippen molar-refractivity contribution in [2.45, 2.75) is 51.2 Å². The van der Waals surface area contributed by atoms with Crippen LogP contribution in [0.3, 0.4) is 0 Å². The molecule has 202 valence electrons. The fraction of sp³-hybridized carbons (Fsp3) is 0.478. The average molecular weight is 549 g/mol. The fourth-order valence-corrected chi connectivity index (χ4v) is 3.95. The summed E-state index contributed by atoms with van der Waals surface area (Å²) < 4.78 is 80.1. The van der Waals surface area contributed by atoms with Gasteiger partial charge in [-0.2, -0.15) is 31.4 Å². The Morgan fingerprint density at radius 2 is 1.70 bits per heavy atom. The number of benzene rings is 1. The highest BCUT2D eigenvalue weighted by Crippen LogP contribution is 2.36. The van der Waals surface area contributed by atoms with E-state index in [0.717, 1.165) is 12.2 Å². The lowest BCUT2D eigenvalue weighted by molar-refractivity contribution is -0.143. The summed E-state index contributed by atoms with van der Waals surface area (Å²) in [6, 6.07) is 0.765. The number of alkyl halides is 6. The van der Waals surface area contributed by atoms with Crippen molar-refractivity contribution in [1.82, 2.24) is 25.1 Å². The number of hydrogen-bond donors (Lipinski definition) is 2. The van der Waals surface area contributed by atoms with Crippen molar-refractivity contribution in [3.63, 3.8) is 0 Å². The summed E-state index contributed by atoms with van der Waals surface area (Å²) >= 11 is 1.47. The van der Waals surface area contributed by atoms with E-state index in [-0.39, 0.29) is 19.2 Å². The first kappa shape index (κ1) is 28.5. The SMILES string of the molecule is CCCSc1nc(NCC(C)C)c2cnn(CCNC(=O)c3cc(C(F)(F)F)cc(C(F)(F)F)c3)c2n1. The van der Waals surface area contributed by atoms with E-state index < -0.39 is 35.0 Å². The molecule has 0 unspecified atom stereocenters. The summed E-state index contributed by atoms with van der Waals surface area (Å²) in [4.78, 5) is 21.6. The molecule has 0 atom stereocenters. The maximum Gasteiger partial charge on any atom is 0.416 e. The Kier molecular flexibility index (Phi) is 8.92. The van der Waals surface area contributed by atoms with Crippen LogP contribution in [0.5, 0.6) is 0 Å². The van der Waals surface area contributed by atoms with Crippen molar-refractivity contribution in [2.75, 3.05) is 24.2 Å². The lowest BCUT2D eigenvalue weighted by atomic mass is 10.0. The third kappa shape index (κ3) is 7.49. The number of amides is 1. The summed E-state index contributed by atoms with van der Waals surface area (Å²) in [5, 5.41) is 11.1. The highest BCUT2D eigenvalue weighted by atomic mass is 32.2. The van der Waals surface area contributed by atoms with Crippen molar-refractivity contribution < 1.29 is 31.1 Å². The Bertz CT molecular complexity index is 1210. The first-order valence-corrected chi connectivity index (χ1v) is 12.5. The second kappa shape index (κ2) is 11.6. The van der Waals surface area contributed by atoms with Gasteiger partial charge in [-0.25, -0.2) is 14.6 Å². The molecule has 0 bridgehead atoms. The molecule has 0 aliphatic carbocycles. The Morgan fingerprint density at radius 1 is 1.05 bits per heavy atom. The molecule has 0 saturated heterocycles. The molecule has 1 amide bonds. The van der Waals surface area contributed by atoms with Gasteiger partial charge in [-0.3, -0.25) is 4.79 Å². The third-order valence-electron chi connectivity index (χ3n) is 5.05. The van der Waals surface area contributed by atoms with Crippen LogP contribution in [-0.2, 0) is 18.9 Å². The molecule has 1 aromatic carbocycles. The van der Waals surface area contributed by atoms with Gasteiger partial charge in [-0.15, -0.1) is 0 Å². The normalized spacial score (nSPS) is 12.4. The number of carbonyl (C=O) groups is 1. The van der Waals surface area contributed by atoms with E-state index in [0.29, 0.717) is 46.6 Å². The van der Waals surface area contributed by atoms with Crippen LogP contribution in [0, 0.1) is 5.92 Å². The van der Waals surface area contributed by atoms with Gasteiger partial charge >= 0.3 is 12.4 Å². The maximum atomic E-state index is 13.1. The molecule has 37 heavy (non-hydrogen) atoms. The minimum absolute atomic E-state index is 0.0224. The Labute approximate surface area is 213 Å². The molecule has 0 fully saturated rings. The molecule has 0 aliphatic heterocycles. The van der Waals surface area contributed by atoms with E-state index in [1.54, 1.807) is 6.20 Å². The van der Waals surface area contributed by atoms with Crippen molar-refractivity contribution >= 4 is 34.5 Å². The third-order valence-corrected chi connectivity index (χ3v) is 6.10. The van der Waals surface area contributed by atoms with E-state index in [1.165, 1.54) is 16.4 Å². The second-order valence-corrected chi connectivity index (χ2v) is 9.70. The van der Waals surface area contributed by atoms with Gasteiger partial charge in [0, 0.05) is 24.4 Å². The standard InChI is InChI=1S/C23H26F6N6OS/c1-4-7-37-21-33-18(31-11-13(2)3)17-12-32-35(19(17)34-21)6-5-30-20(36)14-8-15(22(24,25)26)10-16(9-14)23(27,28)29/h8-10,12-13H,4-7,11H2,1-3H3,(H,30,36)(H,31,33,34). The zero-order valence-corrected chi connectivity index (χ0v) is 21.1. The summed E-state index contributed by atoms with van der Waals surface area (Å²) in [6.45, 7) is 6.77. The van der Waals surface area contributed by atoms with Crippen molar-refractivity contribution in [2.24, 2.45) is 5.92 Å². The van der Waals surface area contributed by atoms with Gasteiger partial charge in [0.2, 0.25) is 0 Å². The van der Waals surface area contributed by atoms with Crippen molar-refractivity contribution in [3.8, 4) is 0 Å².